The lowest BCUT2D eigenvalue weighted by Crippen LogP contribution is -2.26. The molecule has 0 radical (unpaired) electrons. The zero-order chi connectivity index (χ0) is 14.8. The molecule has 20 heavy (non-hydrogen) atoms. The predicted molar refractivity (Wildman–Crippen MR) is 86.4 cm³/mol. The Bertz CT molecular complexity index is 453. The quantitative estimate of drug-likeness (QED) is 0.869. The van der Waals surface area contributed by atoms with Crippen LogP contribution in [-0.4, -0.2) is 18.2 Å². The zero-order valence-corrected chi connectivity index (χ0v) is 13.6. The normalized spacial score (nSPS) is 20.9. The topological polar surface area (TPSA) is 23.5 Å². The van der Waals surface area contributed by atoms with Crippen molar-refractivity contribution in [3.8, 4) is 0 Å². The van der Waals surface area contributed by atoms with Crippen LogP contribution in [-0.2, 0) is 6.61 Å². The Morgan fingerprint density at radius 3 is 2.65 bits per heavy atom. The van der Waals surface area contributed by atoms with Crippen molar-refractivity contribution in [2.75, 3.05) is 18.0 Å². The van der Waals surface area contributed by atoms with Gasteiger partial charge < -0.3 is 10.0 Å². The second-order valence-electron chi connectivity index (χ2n) is 6.91. The van der Waals surface area contributed by atoms with Gasteiger partial charge in [-0.25, -0.2) is 0 Å². The molecule has 1 saturated heterocycles. The van der Waals surface area contributed by atoms with E-state index in [0.29, 0.717) is 10.4 Å². The lowest BCUT2D eigenvalue weighted by Gasteiger charge is -2.30. The molecule has 1 aromatic carbocycles. The fraction of sp³-hybridized carbons (Fsp3) is 0.647. The van der Waals surface area contributed by atoms with Gasteiger partial charge in [-0.2, -0.15) is 0 Å². The molecule has 1 atom stereocenters. The first-order chi connectivity index (χ1) is 9.41. The summed E-state index contributed by atoms with van der Waals surface area (Å²) in [6.07, 6.45) is 3.73. The Morgan fingerprint density at radius 2 is 2.00 bits per heavy atom. The van der Waals surface area contributed by atoms with Crippen LogP contribution in [0.3, 0.4) is 0 Å². The molecule has 2 rings (SSSR count). The summed E-state index contributed by atoms with van der Waals surface area (Å²) in [4.78, 5) is 2.41. The molecule has 2 nitrogen and oxygen atoms in total. The molecule has 1 N–H and O–H groups in total. The molecule has 3 heteroatoms. The summed E-state index contributed by atoms with van der Waals surface area (Å²) >= 11 is 6.02. The van der Waals surface area contributed by atoms with Crippen molar-refractivity contribution in [2.45, 2.75) is 46.6 Å². The van der Waals surface area contributed by atoms with Crippen LogP contribution >= 0.6 is 11.6 Å². The minimum absolute atomic E-state index is 0.0507. The summed E-state index contributed by atoms with van der Waals surface area (Å²) in [6.45, 7) is 9.21. The summed E-state index contributed by atoms with van der Waals surface area (Å²) in [6, 6.07) is 5.84. The number of halogens is 1. The van der Waals surface area contributed by atoms with Gasteiger partial charge in [0.05, 0.1) is 6.61 Å². The van der Waals surface area contributed by atoms with E-state index in [0.717, 1.165) is 30.3 Å². The first-order valence-corrected chi connectivity index (χ1v) is 7.94. The van der Waals surface area contributed by atoms with E-state index >= 15 is 0 Å². The number of aliphatic hydroxyl groups is 1. The first kappa shape index (κ1) is 15.7. The standard InChI is InChI=1S/C17H26ClNO/c1-17(2,3)14-5-4-9-19(10-8-14)16-7-6-15(18)11-13(16)12-20/h6-7,11,14,20H,4-5,8-10,12H2,1-3H3. The number of hydrogen-bond acceptors (Lipinski definition) is 2. The van der Waals surface area contributed by atoms with Crippen molar-refractivity contribution in [2.24, 2.45) is 11.3 Å². The molecule has 1 aliphatic heterocycles. The molecule has 1 fully saturated rings. The van der Waals surface area contributed by atoms with Crippen molar-refractivity contribution >= 4 is 17.3 Å². The zero-order valence-electron chi connectivity index (χ0n) is 12.8. The lowest BCUT2D eigenvalue weighted by molar-refractivity contribution is 0.220. The molecule has 0 amide bonds. The molecule has 0 spiro atoms. The number of anilines is 1. The van der Waals surface area contributed by atoms with Crippen molar-refractivity contribution in [3.05, 3.63) is 28.8 Å². The molecule has 1 unspecified atom stereocenters. The van der Waals surface area contributed by atoms with Gasteiger partial charge in [-0.3, -0.25) is 0 Å². The van der Waals surface area contributed by atoms with Crippen LogP contribution in [0.25, 0.3) is 0 Å². The van der Waals surface area contributed by atoms with Crippen molar-refractivity contribution in [3.63, 3.8) is 0 Å². The maximum absolute atomic E-state index is 9.54. The van der Waals surface area contributed by atoms with Crippen LogP contribution in [0.4, 0.5) is 5.69 Å². The smallest absolute Gasteiger partial charge is 0.0702 e. The molecule has 0 aromatic heterocycles. The second kappa shape index (κ2) is 6.36. The minimum Gasteiger partial charge on any atom is -0.392 e. The van der Waals surface area contributed by atoms with E-state index in [1.165, 1.54) is 19.3 Å². The van der Waals surface area contributed by atoms with E-state index in [-0.39, 0.29) is 6.61 Å². The predicted octanol–water partition coefficient (Wildman–Crippen LogP) is 4.48. The van der Waals surface area contributed by atoms with Gasteiger partial charge in [-0.05, 0) is 48.8 Å². The van der Waals surface area contributed by atoms with E-state index in [9.17, 15) is 5.11 Å². The Hall–Kier alpha value is -0.730. The minimum atomic E-state index is 0.0507. The summed E-state index contributed by atoms with van der Waals surface area (Å²) in [7, 11) is 0. The number of benzene rings is 1. The average molecular weight is 296 g/mol. The van der Waals surface area contributed by atoms with E-state index in [1.807, 2.05) is 18.2 Å². The fourth-order valence-corrected chi connectivity index (χ4v) is 3.39. The van der Waals surface area contributed by atoms with Crippen molar-refractivity contribution in [1.29, 1.82) is 0 Å². The van der Waals surface area contributed by atoms with E-state index in [2.05, 4.69) is 25.7 Å². The Balaban J connectivity index is 2.15. The summed E-state index contributed by atoms with van der Waals surface area (Å²) < 4.78 is 0. The molecule has 0 aliphatic carbocycles. The van der Waals surface area contributed by atoms with Crippen LogP contribution in [0.15, 0.2) is 18.2 Å². The highest BCUT2D eigenvalue weighted by Crippen LogP contribution is 2.36. The summed E-state index contributed by atoms with van der Waals surface area (Å²) in [5.74, 6) is 0.775. The third-order valence-corrected chi connectivity index (χ3v) is 4.74. The average Bonchev–Trinajstić information content (AvgIpc) is 2.63. The number of aliphatic hydroxyl groups excluding tert-OH is 1. The highest BCUT2D eigenvalue weighted by molar-refractivity contribution is 6.30. The van der Waals surface area contributed by atoms with Crippen molar-refractivity contribution in [1.82, 2.24) is 0 Å². The Morgan fingerprint density at radius 1 is 1.25 bits per heavy atom. The van der Waals surface area contributed by atoms with Crippen LogP contribution in [0, 0.1) is 11.3 Å². The van der Waals surface area contributed by atoms with Crippen LogP contribution in [0.1, 0.15) is 45.6 Å². The van der Waals surface area contributed by atoms with E-state index < -0.39 is 0 Å². The number of nitrogens with zero attached hydrogens (tertiary/aromatic N) is 1. The van der Waals surface area contributed by atoms with Gasteiger partial charge in [0.2, 0.25) is 0 Å². The molecule has 1 heterocycles. The maximum Gasteiger partial charge on any atom is 0.0702 e. The van der Waals surface area contributed by atoms with Gasteiger partial charge in [0.15, 0.2) is 0 Å². The third kappa shape index (κ3) is 3.67. The summed E-state index contributed by atoms with van der Waals surface area (Å²) in [5, 5.41) is 10.2. The van der Waals surface area contributed by atoms with Gasteiger partial charge in [-0.1, -0.05) is 32.4 Å². The molecule has 1 aromatic rings. The Kier molecular flexibility index (Phi) is 4.98. The molecular weight excluding hydrogens is 270 g/mol. The lowest BCUT2D eigenvalue weighted by atomic mass is 9.77. The highest BCUT2D eigenvalue weighted by atomic mass is 35.5. The maximum atomic E-state index is 9.54. The molecule has 0 bridgehead atoms. The molecule has 0 saturated carbocycles. The van der Waals surface area contributed by atoms with Crippen LogP contribution in [0.5, 0.6) is 0 Å². The molecular formula is C17H26ClNO. The molecule has 1 aliphatic rings. The van der Waals surface area contributed by atoms with E-state index in [4.69, 9.17) is 11.6 Å². The van der Waals surface area contributed by atoms with Gasteiger partial charge in [-0.15, -0.1) is 0 Å². The molecule has 112 valence electrons. The number of hydrogen-bond donors (Lipinski definition) is 1. The van der Waals surface area contributed by atoms with E-state index in [1.54, 1.807) is 0 Å². The summed E-state index contributed by atoms with van der Waals surface area (Å²) in [5.41, 5.74) is 2.47. The third-order valence-electron chi connectivity index (χ3n) is 4.51. The van der Waals surface area contributed by atoms with Gasteiger partial charge >= 0.3 is 0 Å². The SMILES string of the molecule is CC(C)(C)C1CCCN(c2ccc(Cl)cc2CO)CC1. The number of rotatable bonds is 2. The van der Waals surface area contributed by atoms with Crippen LogP contribution in [0.2, 0.25) is 5.02 Å². The monoisotopic (exact) mass is 295 g/mol. The first-order valence-electron chi connectivity index (χ1n) is 7.56. The highest BCUT2D eigenvalue weighted by Gasteiger charge is 2.27. The van der Waals surface area contributed by atoms with Crippen molar-refractivity contribution < 1.29 is 5.11 Å². The largest absolute Gasteiger partial charge is 0.392 e. The van der Waals surface area contributed by atoms with Gasteiger partial charge in [0.1, 0.15) is 0 Å². The van der Waals surface area contributed by atoms with Gasteiger partial charge in [0, 0.05) is 29.4 Å². The Labute approximate surface area is 127 Å². The van der Waals surface area contributed by atoms with Crippen LogP contribution < -0.4 is 4.90 Å². The fourth-order valence-electron chi connectivity index (χ4n) is 3.19. The van der Waals surface area contributed by atoms with Gasteiger partial charge in [0.25, 0.3) is 0 Å². The second-order valence-corrected chi connectivity index (χ2v) is 7.35.